The van der Waals surface area contributed by atoms with Gasteiger partial charge in [-0.05, 0) is 17.2 Å². The third-order valence-electron chi connectivity index (χ3n) is 5.65. The molecule has 0 aromatic heterocycles. The Morgan fingerprint density at radius 1 is 0.857 bits per heavy atom. The molecule has 0 bridgehead atoms. The van der Waals surface area contributed by atoms with E-state index in [1.807, 2.05) is 54.6 Å². The second-order valence-corrected chi connectivity index (χ2v) is 7.49. The quantitative estimate of drug-likeness (QED) is 0.712. The van der Waals surface area contributed by atoms with Crippen LogP contribution in [0, 0.1) is 5.92 Å². The van der Waals surface area contributed by atoms with E-state index in [-0.39, 0.29) is 11.8 Å². The Kier molecular flexibility index (Phi) is 5.54. The molecule has 0 amide bonds. The second-order valence-electron chi connectivity index (χ2n) is 7.49. The number of nitrogens with zero attached hydrogens (tertiary/aromatic N) is 1. The van der Waals surface area contributed by atoms with E-state index < -0.39 is 0 Å². The predicted molar refractivity (Wildman–Crippen MR) is 111 cm³/mol. The molecule has 142 valence electrons. The van der Waals surface area contributed by atoms with Crippen molar-refractivity contribution < 1.29 is 9.90 Å². The molecule has 0 radical (unpaired) electrons. The third-order valence-corrected chi connectivity index (χ3v) is 5.65. The predicted octanol–water partition coefficient (Wildman–Crippen LogP) is 4.62. The molecule has 1 aliphatic heterocycles. The molecule has 1 N–H and O–H groups in total. The molecule has 3 aromatic carbocycles. The van der Waals surface area contributed by atoms with Crippen LogP contribution in [0.15, 0.2) is 84.9 Å². The number of ketones is 1. The number of hydrogen-bond donors (Lipinski definition) is 1. The summed E-state index contributed by atoms with van der Waals surface area (Å²) in [5, 5.41) is 10.1. The minimum Gasteiger partial charge on any atom is -0.508 e. The van der Waals surface area contributed by atoms with Crippen molar-refractivity contribution in [2.24, 2.45) is 5.92 Å². The Hall–Kier alpha value is -2.91. The SMILES string of the molecule is O=C1CCN(Cc2ccccc2O)CC1C(c1ccccc1)c1ccccc1. The molecular weight excluding hydrogens is 346 g/mol. The number of carbonyl (C=O) groups is 1. The summed E-state index contributed by atoms with van der Waals surface area (Å²) >= 11 is 0. The summed E-state index contributed by atoms with van der Waals surface area (Å²) in [6.45, 7) is 2.09. The molecule has 3 nitrogen and oxygen atoms in total. The van der Waals surface area contributed by atoms with E-state index in [9.17, 15) is 9.90 Å². The average Bonchev–Trinajstić information content (AvgIpc) is 2.74. The van der Waals surface area contributed by atoms with Gasteiger partial charge in [0, 0.05) is 43.5 Å². The molecule has 28 heavy (non-hydrogen) atoms. The lowest BCUT2D eigenvalue weighted by Crippen LogP contribution is -2.43. The highest BCUT2D eigenvalue weighted by molar-refractivity contribution is 5.83. The first-order valence-electron chi connectivity index (χ1n) is 9.84. The lowest BCUT2D eigenvalue weighted by atomic mass is 9.76. The van der Waals surface area contributed by atoms with E-state index in [1.54, 1.807) is 6.07 Å². The van der Waals surface area contributed by atoms with Gasteiger partial charge in [0.2, 0.25) is 0 Å². The van der Waals surface area contributed by atoms with E-state index in [0.717, 1.165) is 12.1 Å². The third kappa shape index (κ3) is 4.00. The largest absolute Gasteiger partial charge is 0.508 e. The van der Waals surface area contributed by atoms with Crippen LogP contribution in [-0.4, -0.2) is 28.9 Å². The van der Waals surface area contributed by atoms with E-state index >= 15 is 0 Å². The van der Waals surface area contributed by atoms with Crippen molar-refractivity contribution in [1.82, 2.24) is 4.90 Å². The van der Waals surface area contributed by atoms with Crippen molar-refractivity contribution in [3.8, 4) is 5.75 Å². The van der Waals surface area contributed by atoms with E-state index in [4.69, 9.17) is 0 Å². The summed E-state index contributed by atoms with van der Waals surface area (Å²) in [6, 6.07) is 28.1. The highest BCUT2D eigenvalue weighted by Gasteiger charge is 2.35. The summed E-state index contributed by atoms with van der Waals surface area (Å²) in [5.41, 5.74) is 3.26. The van der Waals surface area contributed by atoms with Gasteiger partial charge in [0.25, 0.3) is 0 Å². The fourth-order valence-electron chi connectivity index (χ4n) is 4.22. The Bertz CT molecular complexity index is 884. The first kappa shape index (κ1) is 18.5. The standard InChI is InChI=1S/C25H25NO2/c27-23-14-8-7-13-21(23)17-26-16-15-24(28)22(18-26)25(19-9-3-1-4-10-19)20-11-5-2-6-12-20/h1-14,22,25,27H,15-18H2. The maximum absolute atomic E-state index is 13.0. The van der Waals surface area contributed by atoms with Crippen molar-refractivity contribution >= 4 is 5.78 Å². The second kappa shape index (κ2) is 8.41. The molecule has 0 aliphatic carbocycles. The Labute approximate surface area is 166 Å². The lowest BCUT2D eigenvalue weighted by Gasteiger charge is -2.36. The zero-order valence-electron chi connectivity index (χ0n) is 15.9. The smallest absolute Gasteiger partial charge is 0.139 e. The van der Waals surface area contributed by atoms with Crippen LogP contribution >= 0.6 is 0 Å². The van der Waals surface area contributed by atoms with Crippen LogP contribution in [0.3, 0.4) is 0 Å². The van der Waals surface area contributed by atoms with Gasteiger partial charge in [-0.15, -0.1) is 0 Å². The van der Waals surface area contributed by atoms with Crippen LogP contribution < -0.4 is 0 Å². The average molecular weight is 371 g/mol. The van der Waals surface area contributed by atoms with Gasteiger partial charge in [0.15, 0.2) is 0 Å². The van der Waals surface area contributed by atoms with Crippen molar-refractivity contribution in [2.75, 3.05) is 13.1 Å². The topological polar surface area (TPSA) is 40.5 Å². The number of aromatic hydroxyl groups is 1. The summed E-state index contributed by atoms with van der Waals surface area (Å²) < 4.78 is 0. The van der Waals surface area contributed by atoms with Gasteiger partial charge in [-0.1, -0.05) is 78.9 Å². The monoisotopic (exact) mass is 371 g/mol. The van der Waals surface area contributed by atoms with Crippen molar-refractivity contribution in [3.63, 3.8) is 0 Å². The van der Waals surface area contributed by atoms with Crippen LogP contribution in [0.4, 0.5) is 0 Å². The van der Waals surface area contributed by atoms with E-state index in [2.05, 4.69) is 29.2 Å². The van der Waals surface area contributed by atoms with Crippen molar-refractivity contribution in [3.05, 3.63) is 102 Å². The van der Waals surface area contributed by atoms with Gasteiger partial charge < -0.3 is 5.11 Å². The minimum atomic E-state index is -0.0931. The highest BCUT2D eigenvalue weighted by atomic mass is 16.3. The number of phenols is 1. The first-order valence-corrected chi connectivity index (χ1v) is 9.84. The number of phenolic OH excluding ortho intramolecular Hbond substituents is 1. The number of hydrogen-bond acceptors (Lipinski definition) is 3. The zero-order valence-corrected chi connectivity index (χ0v) is 15.9. The fourth-order valence-corrected chi connectivity index (χ4v) is 4.22. The number of Topliss-reactive ketones (excluding diaryl/α,β-unsaturated/α-hetero) is 1. The molecular formula is C25H25NO2. The molecule has 1 atom stereocenters. The van der Waals surface area contributed by atoms with Gasteiger partial charge >= 0.3 is 0 Å². The minimum absolute atomic E-state index is 0.0436. The van der Waals surface area contributed by atoms with Gasteiger partial charge in [-0.2, -0.15) is 0 Å². The van der Waals surface area contributed by atoms with Gasteiger partial charge in [-0.3, -0.25) is 9.69 Å². The molecule has 1 unspecified atom stereocenters. The van der Waals surface area contributed by atoms with Crippen molar-refractivity contribution in [2.45, 2.75) is 18.9 Å². The highest BCUT2D eigenvalue weighted by Crippen LogP contribution is 2.36. The van der Waals surface area contributed by atoms with Gasteiger partial charge in [-0.25, -0.2) is 0 Å². The normalized spacial score (nSPS) is 17.8. The Morgan fingerprint density at radius 2 is 1.43 bits per heavy atom. The molecule has 0 saturated carbocycles. The molecule has 1 fully saturated rings. The first-order chi connectivity index (χ1) is 13.7. The molecule has 0 spiro atoms. The van der Waals surface area contributed by atoms with Crippen LogP contribution in [0.5, 0.6) is 5.75 Å². The Morgan fingerprint density at radius 3 is 2.04 bits per heavy atom. The lowest BCUT2D eigenvalue weighted by molar-refractivity contribution is -0.126. The summed E-state index contributed by atoms with van der Waals surface area (Å²) in [4.78, 5) is 15.3. The summed E-state index contributed by atoms with van der Waals surface area (Å²) in [7, 11) is 0. The molecule has 1 heterocycles. The number of rotatable bonds is 5. The van der Waals surface area contributed by atoms with Crippen molar-refractivity contribution in [1.29, 1.82) is 0 Å². The molecule has 4 rings (SSSR count). The molecule has 1 saturated heterocycles. The molecule has 3 heteroatoms. The Balaban J connectivity index is 1.63. The van der Waals surface area contributed by atoms with E-state index in [0.29, 0.717) is 31.0 Å². The number of para-hydroxylation sites is 1. The zero-order chi connectivity index (χ0) is 19.3. The van der Waals surface area contributed by atoms with Gasteiger partial charge in [0.1, 0.15) is 11.5 Å². The molecule has 3 aromatic rings. The maximum Gasteiger partial charge on any atom is 0.139 e. The number of benzene rings is 3. The maximum atomic E-state index is 13.0. The van der Waals surface area contributed by atoms with E-state index in [1.165, 1.54) is 11.1 Å². The summed E-state index contributed by atoms with van der Waals surface area (Å²) in [5.74, 6) is 0.594. The van der Waals surface area contributed by atoms with Crippen LogP contribution in [0.1, 0.15) is 29.0 Å². The van der Waals surface area contributed by atoms with Crippen LogP contribution in [0.25, 0.3) is 0 Å². The number of carbonyl (C=O) groups excluding carboxylic acids is 1. The summed E-state index contributed by atoms with van der Waals surface area (Å²) in [6.07, 6.45) is 0.550. The fraction of sp³-hybridized carbons (Fsp3) is 0.240. The number of likely N-dealkylation sites (tertiary alicyclic amines) is 1. The number of piperidine rings is 1. The molecule has 1 aliphatic rings. The van der Waals surface area contributed by atoms with Gasteiger partial charge in [0.05, 0.1) is 0 Å². The van der Waals surface area contributed by atoms with Crippen LogP contribution in [-0.2, 0) is 11.3 Å². The van der Waals surface area contributed by atoms with Crippen LogP contribution in [0.2, 0.25) is 0 Å².